The van der Waals surface area contributed by atoms with Gasteiger partial charge in [-0.05, 0) is 62.2 Å². The molecule has 4 aliphatic rings. The second kappa shape index (κ2) is 4.63. The molecule has 4 fully saturated rings. The molecule has 0 heterocycles. The van der Waals surface area contributed by atoms with E-state index in [4.69, 9.17) is 11.6 Å². The van der Waals surface area contributed by atoms with E-state index in [1.165, 1.54) is 19.3 Å². The molecule has 0 aromatic carbocycles. The van der Waals surface area contributed by atoms with Crippen molar-refractivity contribution in [3.63, 3.8) is 0 Å². The first-order valence-corrected chi connectivity index (χ1v) is 8.73. The van der Waals surface area contributed by atoms with Gasteiger partial charge in [0.05, 0.1) is 5.41 Å². The number of carbonyl (C=O) groups is 1. The topological polar surface area (TPSA) is 20.3 Å². The van der Waals surface area contributed by atoms with Crippen LogP contribution in [0.2, 0.25) is 0 Å². The van der Waals surface area contributed by atoms with Crippen molar-refractivity contribution >= 4 is 17.5 Å². The van der Waals surface area contributed by atoms with Crippen molar-refractivity contribution in [3.8, 4) is 0 Å². The van der Waals surface area contributed by atoms with Gasteiger partial charge >= 0.3 is 0 Å². The normalized spacial score (nSPS) is 45.7. The van der Waals surface area contributed by atoms with Crippen LogP contribution in [0.4, 0.5) is 0 Å². The van der Waals surface area contributed by atoms with Crippen LogP contribution in [0.5, 0.6) is 0 Å². The van der Waals surface area contributed by atoms with E-state index in [1.807, 2.05) is 4.90 Å². The highest BCUT2D eigenvalue weighted by molar-refractivity contribution is 6.18. The first-order valence-electron chi connectivity index (χ1n) is 8.19. The van der Waals surface area contributed by atoms with Crippen molar-refractivity contribution in [2.75, 3.05) is 19.0 Å². The van der Waals surface area contributed by atoms with E-state index in [-0.39, 0.29) is 5.41 Å². The number of carbonyl (C=O) groups excluding carboxylic acids is 1. The Hall–Kier alpha value is -0.240. The van der Waals surface area contributed by atoms with E-state index < -0.39 is 0 Å². The van der Waals surface area contributed by atoms with Gasteiger partial charge in [0.1, 0.15) is 0 Å². The maximum atomic E-state index is 13.2. The Labute approximate surface area is 128 Å². The lowest BCUT2D eigenvalue weighted by atomic mass is 9.40. The minimum atomic E-state index is -0.0645. The van der Waals surface area contributed by atoms with Crippen LogP contribution in [0.15, 0.2) is 0 Å². The molecule has 0 aromatic heterocycles. The molecule has 20 heavy (non-hydrogen) atoms. The highest BCUT2D eigenvalue weighted by atomic mass is 35.5. The molecule has 0 spiro atoms. The predicted molar refractivity (Wildman–Crippen MR) is 82.8 cm³/mol. The second-order valence-corrected chi connectivity index (χ2v) is 8.86. The summed E-state index contributed by atoms with van der Waals surface area (Å²) >= 11 is 5.89. The lowest BCUT2D eigenvalue weighted by Crippen LogP contribution is -2.60. The van der Waals surface area contributed by atoms with Gasteiger partial charge in [-0.3, -0.25) is 4.79 Å². The number of nitrogens with zero attached hydrogens (tertiary/aromatic N) is 1. The number of hydrogen-bond acceptors (Lipinski definition) is 1. The molecule has 0 aromatic rings. The zero-order chi connectivity index (χ0) is 14.6. The third-order valence-electron chi connectivity index (χ3n) is 6.10. The van der Waals surface area contributed by atoms with Crippen LogP contribution < -0.4 is 0 Å². The Morgan fingerprint density at radius 1 is 1.15 bits per heavy atom. The molecule has 4 rings (SSSR count). The fraction of sp³-hybridized carbons (Fsp3) is 0.941. The molecule has 0 saturated heterocycles. The zero-order valence-corrected chi connectivity index (χ0v) is 13.9. The van der Waals surface area contributed by atoms with Gasteiger partial charge in [-0.2, -0.15) is 0 Å². The first kappa shape index (κ1) is 14.7. The zero-order valence-electron chi connectivity index (χ0n) is 13.2. The van der Waals surface area contributed by atoms with Crippen molar-refractivity contribution in [3.05, 3.63) is 0 Å². The van der Waals surface area contributed by atoms with Gasteiger partial charge in [0, 0.05) is 19.0 Å². The largest absolute Gasteiger partial charge is 0.341 e. The molecule has 0 radical (unpaired) electrons. The van der Waals surface area contributed by atoms with Crippen LogP contribution in [-0.4, -0.2) is 29.8 Å². The minimum absolute atomic E-state index is 0.0645. The minimum Gasteiger partial charge on any atom is -0.341 e. The molecule has 4 bridgehead atoms. The summed E-state index contributed by atoms with van der Waals surface area (Å²) in [6.07, 6.45) is 7.38. The average molecular weight is 298 g/mol. The molecule has 0 aliphatic heterocycles. The monoisotopic (exact) mass is 297 g/mol. The van der Waals surface area contributed by atoms with Gasteiger partial charge in [0.15, 0.2) is 0 Å². The Balaban J connectivity index is 1.90. The van der Waals surface area contributed by atoms with E-state index in [0.29, 0.717) is 29.2 Å². The third kappa shape index (κ3) is 2.19. The second-order valence-electron chi connectivity index (χ2n) is 8.48. The maximum Gasteiger partial charge on any atom is 0.228 e. The summed E-state index contributed by atoms with van der Waals surface area (Å²) in [6.45, 7) is 8.43. The Morgan fingerprint density at radius 2 is 1.75 bits per heavy atom. The summed E-state index contributed by atoms with van der Waals surface area (Å²) in [6, 6.07) is 0. The van der Waals surface area contributed by atoms with Gasteiger partial charge in [0.2, 0.25) is 5.91 Å². The summed E-state index contributed by atoms with van der Waals surface area (Å²) in [5.74, 6) is 1.73. The van der Waals surface area contributed by atoms with Crippen LogP contribution in [0, 0.1) is 22.2 Å². The molecule has 3 heteroatoms. The number of hydrogen-bond donors (Lipinski definition) is 0. The standard InChI is InChI=1S/C17H28ClNO/c1-4-19(6-5-18)14(20)17-9-13-7-15(2,11-17)10-16(3,8-13)12-17/h13H,4-12H2,1-3H3. The summed E-state index contributed by atoms with van der Waals surface area (Å²) in [5, 5.41) is 0. The molecule has 114 valence electrons. The Morgan fingerprint density at radius 3 is 2.20 bits per heavy atom. The summed E-state index contributed by atoms with van der Waals surface area (Å²) in [4.78, 5) is 15.2. The average Bonchev–Trinajstić information content (AvgIpc) is 2.30. The number of rotatable bonds is 4. The molecular weight excluding hydrogens is 270 g/mol. The maximum absolute atomic E-state index is 13.2. The molecule has 2 unspecified atom stereocenters. The number of amides is 1. The quantitative estimate of drug-likeness (QED) is 0.716. The van der Waals surface area contributed by atoms with Gasteiger partial charge in [0.25, 0.3) is 0 Å². The molecule has 2 atom stereocenters. The lowest BCUT2D eigenvalue weighted by Gasteiger charge is -2.65. The highest BCUT2D eigenvalue weighted by Gasteiger charge is 2.63. The van der Waals surface area contributed by atoms with Crippen LogP contribution in [-0.2, 0) is 4.79 Å². The van der Waals surface area contributed by atoms with E-state index >= 15 is 0 Å². The molecule has 2 nitrogen and oxygen atoms in total. The van der Waals surface area contributed by atoms with Crippen LogP contribution >= 0.6 is 11.6 Å². The molecule has 1 amide bonds. The van der Waals surface area contributed by atoms with E-state index in [9.17, 15) is 4.79 Å². The van der Waals surface area contributed by atoms with E-state index in [1.54, 1.807) is 0 Å². The van der Waals surface area contributed by atoms with Crippen LogP contribution in [0.1, 0.15) is 59.3 Å². The Kier molecular flexibility index (Phi) is 3.40. The number of halogens is 1. The fourth-order valence-electron chi connectivity index (χ4n) is 6.53. The first-order chi connectivity index (χ1) is 9.34. The third-order valence-corrected chi connectivity index (χ3v) is 6.27. The Bertz CT molecular complexity index is 403. The summed E-state index contributed by atoms with van der Waals surface area (Å²) < 4.78 is 0. The van der Waals surface area contributed by atoms with Crippen LogP contribution in [0.25, 0.3) is 0 Å². The van der Waals surface area contributed by atoms with E-state index in [2.05, 4.69) is 20.8 Å². The highest BCUT2D eigenvalue weighted by Crippen LogP contribution is 2.69. The van der Waals surface area contributed by atoms with E-state index in [0.717, 1.165) is 31.7 Å². The van der Waals surface area contributed by atoms with Crippen molar-refractivity contribution in [2.24, 2.45) is 22.2 Å². The summed E-state index contributed by atoms with van der Waals surface area (Å²) in [5.41, 5.74) is 0.749. The van der Waals surface area contributed by atoms with Gasteiger partial charge in [-0.1, -0.05) is 13.8 Å². The van der Waals surface area contributed by atoms with Crippen LogP contribution in [0.3, 0.4) is 0 Å². The molecule has 0 N–H and O–H groups in total. The van der Waals surface area contributed by atoms with Crippen molar-refractivity contribution in [2.45, 2.75) is 59.3 Å². The summed E-state index contributed by atoms with van der Waals surface area (Å²) in [7, 11) is 0. The van der Waals surface area contributed by atoms with Gasteiger partial charge in [-0.25, -0.2) is 0 Å². The SMILES string of the molecule is CCN(CCCl)C(=O)C12CC3CC(C)(CC(C)(C3)C1)C2. The molecule has 4 aliphatic carbocycles. The molecular formula is C17H28ClNO. The van der Waals surface area contributed by atoms with Crippen molar-refractivity contribution in [1.29, 1.82) is 0 Å². The smallest absolute Gasteiger partial charge is 0.228 e. The van der Waals surface area contributed by atoms with Crippen molar-refractivity contribution < 1.29 is 4.79 Å². The number of alkyl halides is 1. The van der Waals surface area contributed by atoms with Gasteiger partial charge < -0.3 is 4.90 Å². The van der Waals surface area contributed by atoms with Crippen molar-refractivity contribution in [1.82, 2.24) is 4.90 Å². The fourth-order valence-corrected chi connectivity index (χ4v) is 6.73. The predicted octanol–water partition coefficient (Wildman–Crippen LogP) is 4.07. The lowest BCUT2D eigenvalue weighted by molar-refractivity contribution is -0.179. The van der Waals surface area contributed by atoms with Gasteiger partial charge in [-0.15, -0.1) is 11.6 Å². The molecule has 4 saturated carbocycles.